The third-order valence-corrected chi connectivity index (χ3v) is 2.07. The topological polar surface area (TPSA) is 88.7 Å². The molecule has 106 valence electrons. The van der Waals surface area contributed by atoms with Crippen LogP contribution in [0.5, 0.6) is 0 Å². The first-order valence-corrected chi connectivity index (χ1v) is 5.92. The predicted molar refractivity (Wildman–Crippen MR) is 67.3 cm³/mol. The molecular weight excluding hydrogens is 238 g/mol. The van der Waals surface area contributed by atoms with E-state index in [1.54, 1.807) is 14.2 Å². The first-order chi connectivity index (χ1) is 8.70. The number of rotatable bonds is 11. The van der Waals surface area contributed by atoms with Crippen molar-refractivity contribution in [1.82, 2.24) is 16.0 Å². The van der Waals surface area contributed by atoms with Gasteiger partial charge < -0.3 is 25.4 Å². The largest absolute Gasteiger partial charge is 0.383 e. The lowest BCUT2D eigenvalue weighted by molar-refractivity contribution is -0.122. The fourth-order valence-corrected chi connectivity index (χ4v) is 1.14. The van der Waals surface area contributed by atoms with Gasteiger partial charge in [-0.3, -0.25) is 9.59 Å². The number of hydrogen-bond acceptors (Lipinski definition) is 5. The molecule has 0 spiro atoms. The van der Waals surface area contributed by atoms with E-state index in [0.29, 0.717) is 39.3 Å². The molecule has 0 rings (SSSR count). The Kier molecular flexibility index (Phi) is 11.5. The van der Waals surface area contributed by atoms with Crippen molar-refractivity contribution in [2.45, 2.75) is 6.42 Å². The van der Waals surface area contributed by atoms with Gasteiger partial charge in [0.2, 0.25) is 11.8 Å². The van der Waals surface area contributed by atoms with Crippen molar-refractivity contribution in [3.63, 3.8) is 0 Å². The maximum atomic E-state index is 11.2. The minimum absolute atomic E-state index is 0.0562. The van der Waals surface area contributed by atoms with E-state index in [-0.39, 0.29) is 18.4 Å². The highest BCUT2D eigenvalue weighted by atomic mass is 16.5. The molecule has 0 aromatic carbocycles. The number of amides is 2. The molecule has 18 heavy (non-hydrogen) atoms. The Morgan fingerprint density at radius 1 is 0.889 bits per heavy atom. The normalized spacial score (nSPS) is 10.1. The van der Waals surface area contributed by atoms with Crippen molar-refractivity contribution < 1.29 is 19.1 Å². The lowest BCUT2D eigenvalue weighted by Gasteiger charge is -2.07. The molecule has 0 saturated carbocycles. The molecular formula is C11H23N3O4. The number of carbonyl (C=O) groups is 2. The second-order valence-corrected chi connectivity index (χ2v) is 3.61. The van der Waals surface area contributed by atoms with Gasteiger partial charge in [-0.2, -0.15) is 0 Å². The van der Waals surface area contributed by atoms with Crippen molar-refractivity contribution >= 4 is 11.8 Å². The SMILES string of the molecule is COCCNC(=O)CCNCC(=O)NCCOC. The van der Waals surface area contributed by atoms with E-state index in [1.165, 1.54) is 0 Å². The lowest BCUT2D eigenvalue weighted by atomic mass is 10.4. The summed E-state index contributed by atoms with van der Waals surface area (Å²) in [6, 6.07) is 0. The standard InChI is InChI=1S/C11H23N3O4/c1-17-7-5-13-10(15)3-4-12-9-11(16)14-6-8-18-2/h12H,3-9H2,1-2H3,(H,13,15)(H,14,16). The molecule has 0 atom stereocenters. The van der Waals surface area contributed by atoms with Gasteiger partial charge in [0.1, 0.15) is 0 Å². The molecule has 0 fully saturated rings. The van der Waals surface area contributed by atoms with Crippen molar-refractivity contribution in [2.75, 3.05) is 53.6 Å². The molecule has 3 N–H and O–H groups in total. The number of hydrogen-bond donors (Lipinski definition) is 3. The van der Waals surface area contributed by atoms with Gasteiger partial charge in [-0.1, -0.05) is 0 Å². The zero-order valence-electron chi connectivity index (χ0n) is 11.1. The van der Waals surface area contributed by atoms with Gasteiger partial charge in [0.05, 0.1) is 19.8 Å². The molecule has 0 saturated heterocycles. The Morgan fingerprint density at radius 2 is 1.44 bits per heavy atom. The molecule has 0 radical (unpaired) electrons. The smallest absolute Gasteiger partial charge is 0.234 e. The van der Waals surface area contributed by atoms with Gasteiger partial charge in [0.15, 0.2) is 0 Å². The van der Waals surface area contributed by atoms with Crippen LogP contribution in [0.4, 0.5) is 0 Å². The second kappa shape index (κ2) is 12.3. The minimum atomic E-state index is -0.105. The summed E-state index contributed by atoms with van der Waals surface area (Å²) in [7, 11) is 3.16. The van der Waals surface area contributed by atoms with Gasteiger partial charge in [0.25, 0.3) is 0 Å². The average Bonchev–Trinajstić information content (AvgIpc) is 2.35. The van der Waals surface area contributed by atoms with Gasteiger partial charge in [-0.05, 0) is 0 Å². The fourth-order valence-electron chi connectivity index (χ4n) is 1.14. The van der Waals surface area contributed by atoms with Gasteiger partial charge >= 0.3 is 0 Å². The van der Waals surface area contributed by atoms with E-state index in [4.69, 9.17) is 9.47 Å². The van der Waals surface area contributed by atoms with Crippen molar-refractivity contribution in [1.29, 1.82) is 0 Å². The molecule has 0 aromatic rings. The van der Waals surface area contributed by atoms with E-state index in [2.05, 4.69) is 16.0 Å². The second-order valence-electron chi connectivity index (χ2n) is 3.61. The third-order valence-electron chi connectivity index (χ3n) is 2.07. The molecule has 2 amide bonds. The summed E-state index contributed by atoms with van der Waals surface area (Å²) in [6.07, 6.45) is 0.342. The molecule has 7 nitrogen and oxygen atoms in total. The van der Waals surface area contributed by atoms with E-state index >= 15 is 0 Å². The van der Waals surface area contributed by atoms with Crippen LogP contribution in [0, 0.1) is 0 Å². The summed E-state index contributed by atoms with van der Waals surface area (Å²) in [6.45, 7) is 2.67. The van der Waals surface area contributed by atoms with Crippen molar-refractivity contribution in [2.24, 2.45) is 0 Å². The zero-order valence-corrected chi connectivity index (χ0v) is 11.1. The van der Waals surface area contributed by atoms with Gasteiger partial charge in [-0.15, -0.1) is 0 Å². The first-order valence-electron chi connectivity index (χ1n) is 5.92. The molecule has 0 aliphatic carbocycles. The van der Waals surface area contributed by atoms with Crippen LogP contribution in [-0.2, 0) is 19.1 Å². The summed E-state index contributed by atoms with van der Waals surface area (Å²) < 4.78 is 9.60. The molecule has 0 aliphatic heterocycles. The molecule has 0 aliphatic rings. The Balaban J connectivity index is 3.32. The molecule has 0 bridgehead atoms. The molecule has 7 heteroatoms. The van der Waals surface area contributed by atoms with E-state index < -0.39 is 0 Å². The number of carbonyl (C=O) groups excluding carboxylic acids is 2. The Bertz CT molecular complexity index is 212. The average molecular weight is 261 g/mol. The Labute approximate surface area is 108 Å². The predicted octanol–water partition coefficient (Wildman–Crippen LogP) is -1.51. The Hall–Kier alpha value is -1.18. The molecule has 0 heterocycles. The Morgan fingerprint density at radius 3 is 2.00 bits per heavy atom. The number of nitrogens with one attached hydrogen (secondary N) is 3. The van der Waals surface area contributed by atoms with Crippen LogP contribution < -0.4 is 16.0 Å². The van der Waals surface area contributed by atoms with Gasteiger partial charge in [-0.25, -0.2) is 0 Å². The monoisotopic (exact) mass is 261 g/mol. The van der Waals surface area contributed by atoms with Crippen LogP contribution in [0.15, 0.2) is 0 Å². The van der Waals surface area contributed by atoms with Gasteiger partial charge in [0, 0.05) is 40.3 Å². The van der Waals surface area contributed by atoms with Crippen molar-refractivity contribution in [3.8, 4) is 0 Å². The maximum Gasteiger partial charge on any atom is 0.234 e. The van der Waals surface area contributed by atoms with Crippen LogP contribution in [0.3, 0.4) is 0 Å². The zero-order chi connectivity index (χ0) is 13.6. The molecule has 0 unspecified atom stereocenters. The first kappa shape index (κ1) is 16.8. The van der Waals surface area contributed by atoms with E-state index in [9.17, 15) is 9.59 Å². The van der Waals surface area contributed by atoms with Crippen LogP contribution in [0.2, 0.25) is 0 Å². The summed E-state index contributed by atoms with van der Waals surface area (Å²) in [5.41, 5.74) is 0. The quantitative estimate of drug-likeness (QED) is 0.394. The van der Waals surface area contributed by atoms with E-state index in [1.807, 2.05) is 0 Å². The minimum Gasteiger partial charge on any atom is -0.383 e. The lowest BCUT2D eigenvalue weighted by Crippen LogP contribution is -2.37. The summed E-state index contributed by atoms with van der Waals surface area (Å²) >= 11 is 0. The van der Waals surface area contributed by atoms with E-state index in [0.717, 1.165) is 0 Å². The summed E-state index contributed by atoms with van der Waals surface area (Å²) in [5.74, 6) is -0.161. The number of ether oxygens (including phenoxy) is 2. The third kappa shape index (κ3) is 11.3. The summed E-state index contributed by atoms with van der Waals surface area (Å²) in [4.78, 5) is 22.5. The highest BCUT2D eigenvalue weighted by molar-refractivity contribution is 5.78. The maximum absolute atomic E-state index is 11.2. The van der Waals surface area contributed by atoms with Crippen molar-refractivity contribution in [3.05, 3.63) is 0 Å². The van der Waals surface area contributed by atoms with Crippen LogP contribution >= 0.6 is 0 Å². The van der Waals surface area contributed by atoms with Crippen LogP contribution in [0.25, 0.3) is 0 Å². The highest BCUT2D eigenvalue weighted by Gasteiger charge is 2.02. The highest BCUT2D eigenvalue weighted by Crippen LogP contribution is 1.77. The summed E-state index contributed by atoms with van der Waals surface area (Å²) in [5, 5.41) is 8.25. The fraction of sp³-hybridized carbons (Fsp3) is 0.818. The molecule has 0 aromatic heterocycles. The number of methoxy groups -OCH3 is 2. The van der Waals surface area contributed by atoms with Crippen LogP contribution in [-0.4, -0.2) is 65.4 Å². The van der Waals surface area contributed by atoms with Crippen LogP contribution in [0.1, 0.15) is 6.42 Å².